The number of benzene rings is 2. The molecule has 2 aromatic rings. The fourth-order valence-corrected chi connectivity index (χ4v) is 5.07. The minimum absolute atomic E-state index is 0.167. The number of ether oxygens (including phenoxy) is 2. The Balaban J connectivity index is 2.02. The number of nitrogens with zero attached hydrogens (tertiary/aromatic N) is 1. The van der Waals surface area contributed by atoms with Crippen molar-refractivity contribution in [3.05, 3.63) is 58.6 Å². The van der Waals surface area contributed by atoms with Gasteiger partial charge in [-0.3, -0.25) is 4.79 Å². The fourth-order valence-electron chi connectivity index (χ4n) is 3.19. The van der Waals surface area contributed by atoms with Gasteiger partial charge in [0, 0.05) is 29.0 Å². The molecular weight excluding hydrogens is 494 g/mol. The number of carbonyl (C=O) groups is 1. The van der Waals surface area contributed by atoms with Crippen LogP contribution in [0.2, 0.25) is 0 Å². The number of para-hydroxylation sites is 1. The molecule has 0 saturated heterocycles. The van der Waals surface area contributed by atoms with Crippen molar-refractivity contribution in [1.29, 1.82) is 0 Å². The number of sulfonamides is 1. The molecule has 0 radical (unpaired) electrons. The predicted molar refractivity (Wildman–Crippen MR) is 129 cm³/mol. The molecule has 0 fully saturated rings. The van der Waals surface area contributed by atoms with E-state index in [-0.39, 0.29) is 23.5 Å². The number of hydrogen-bond acceptors (Lipinski definition) is 5. The molecule has 0 bridgehead atoms. The van der Waals surface area contributed by atoms with Crippen molar-refractivity contribution in [2.45, 2.75) is 63.9 Å². The summed E-state index contributed by atoms with van der Waals surface area (Å²) < 4.78 is 39.7. The first-order valence-electron chi connectivity index (χ1n) is 10.9. The topological polar surface area (TPSA) is 72.9 Å². The van der Waals surface area contributed by atoms with Crippen molar-refractivity contribution < 1.29 is 22.7 Å². The molecule has 0 spiro atoms. The number of unbranched alkanes of at least 4 members (excludes halogenated alkanes) is 2. The summed E-state index contributed by atoms with van der Waals surface area (Å²) in [6.45, 7) is 6.65. The first-order chi connectivity index (χ1) is 15.3. The van der Waals surface area contributed by atoms with Crippen LogP contribution in [0.5, 0.6) is 5.75 Å². The maximum Gasteiger partial charge on any atom is 0.305 e. The number of carbonyl (C=O) groups excluding carboxylic acids is 1. The lowest BCUT2D eigenvalue weighted by Crippen LogP contribution is -2.36. The molecule has 6 nitrogen and oxygen atoms in total. The molecule has 0 unspecified atom stereocenters. The van der Waals surface area contributed by atoms with E-state index in [1.807, 2.05) is 38.1 Å². The van der Waals surface area contributed by atoms with Crippen molar-refractivity contribution in [2.75, 3.05) is 13.2 Å². The zero-order valence-corrected chi connectivity index (χ0v) is 21.3. The summed E-state index contributed by atoms with van der Waals surface area (Å²) in [5.41, 5.74) is 0.813. The Bertz CT molecular complexity index is 961. The van der Waals surface area contributed by atoms with E-state index in [1.54, 1.807) is 31.2 Å². The molecule has 0 amide bonds. The Morgan fingerprint density at radius 2 is 1.72 bits per heavy atom. The van der Waals surface area contributed by atoms with Crippen LogP contribution in [0.25, 0.3) is 0 Å². The second kappa shape index (κ2) is 13.0. The second-order valence-electron chi connectivity index (χ2n) is 7.67. The standard InChI is InChI=1S/C24H32BrNO5S/c1-4-30-24(27)12-6-5-9-17-31-23-11-8-7-10-20(23)18-26(19(2)3)32(28,29)22-15-13-21(25)14-16-22/h7-8,10-11,13-16,19H,4-6,9,12,17-18H2,1-3H3. The molecule has 0 aromatic heterocycles. The lowest BCUT2D eigenvalue weighted by atomic mass is 10.2. The van der Waals surface area contributed by atoms with Crippen LogP contribution in [0.4, 0.5) is 0 Å². The van der Waals surface area contributed by atoms with Crippen LogP contribution in [0, 0.1) is 0 Å². The lowest BCUT2D eigenvalue weighted by Gasteiger charge is -2.27. The Morgan fingerprint density at radius 3 is 2.38 bits per heavy atom. The van der Waals surface area contributed by atoms with Gasteiger partial charge in [0.1, 0.15) is 5.75 Å². The van der Waals surface area contributed by atoms with Crippen LogP contribution < -0.4 is 4.74 Å². The Kier molecular flexibility index (Phi) is 10.7. The summed E-state index contributed by atoms with van der Waals surface area (Å²) in [4.78, 5) is 11.6. The van der Waals surface area contributed by atoms with Crippen molar-refractivity contribution >= 4 is 31.9 Å². The first-order valence-corrected chi connectivity index (χ1v) is 13.1. The van der Waals surface area contributed by atoms with E-state index in [1.165, 1.54) is 4.31 Å². The molecule has 8 heteroatoms. The molecule has 0 heterocycles. The molecule has 176 valence electrons. The zero-order chi connectivity index (χ0) is 23.6. The smallest absolute Gasteiger partial charge is 0.305 e. The third kappa shape index (κ3) is 7.90. The summed E-state index contributed by atoms with van der Waals surface area (Å²) in [6.07, 6.45) is 2.84. The molecule has 0 N–H and O–H groups in total. The zero-order valence-electron chi connectivity index (χ0n) is 18.9. The fraction of sp³-hybridized carbons (Fsp3) is 0.458. The van der Waals surface area contributed by atoms with E-state index in [0.29, 0.717) is 25.4 Å². The Hall–Kier alpha value is -1.90. The van der Waals surface area contributed by atoms with Gasteiger partial charge in [0.15, 0.2) is 0 Å². The summed E-state index contributed by atoms with van der Waals surface area (Å²) in [7, 11) is -3.66. The molecule has 2 aromatic carbocycles. The maximum absolute atomic E-state index is 13.3. The van der Waals surface area contributed by atoms with Gasteiger partial charge in [-0.25, -0.2) is 8.42 Å². The molecule has 0 saturated carbocycles. The maximum atomic E-state index is 13.3. The van der Waals surface area contributed by atoms with Crippen LogP contribution in [0.1, 0.15) is 52.0 Å². The number of halogens is 1. The quantitative estimate of drug-likeness (QED) is 0.253. The highest BCUT2D eigenvalue weighted by Crippen LogP contribution is 2.26. The van der Waals surface area contributed by atoms with E-state index in [9.17, 15) is 13.2 Å². The largest absolute Gasteiger partial charge is 0.493 e. The SMILES string of the molecule is CCOC(=O)CCCCCOc1ccccc1CN(C(C)C)S(=O)(=O)c1ccc(Br)cc1. The highest BCUT2D eigenvalue weighted by molar-refractivity contribution is 9.10. The van der Waals surface area contributed by atoms with Gasteiger partial charge >= 0.3 is 5.97 Å². The van der Waals surface area contributed by atoms with Gasteiger partial charge < -0.3 is 9.47 Å². The predicted octanol–water partition coefficient (Wildman–Crippen LogP) is 5.55. The van der Waals surface area contributed by atoms with E-state index < -0.39 is 10.0 Å². The van der Waals surface area contributed by atoms with E-state index >= 15 is 0 Å². The monoisotopic (exact) mass is 525 g/mol. The summed E-state index contributed by atoms with van der Waals surface area (Å²) in [5, 5.41) is 0. The van der Waals surface area contributed by atoms with Crippen molar-refractivity contribution in [3.63, 3.8) is 0 Å². The van der Waals surface area contributed by atoms with Gasteiger partial charge in [-0.15, -0.1) is 0 Å². The van der Waals surface area contributed by atoms with Gasteiger partial charge in [0.2, 0.25) is 10.0 Å². The average molecular weight is 526 g/mol. The third-order valence-corrected chi connectivity index (χ3v) is 7.45. The van der Waals surface area contributed by atoms with E-state index in [0.717, 1.165) is 29.3 Å². The van der Waals surface area contributed by atoms with Gasteiger partial charge in [-0.05, 0) is 70.4 Å². The lowest BCUT2D eigenvalue weighted by molar-refractivity contribution is -0.143. The molecule has 32 heavy (non-hydrogen) atoms. The minimum atomic E-state index is -3.66. The van der Waals surface area contributed by atoms with E-state index in [4.69, 9.17) is 9.47 Å². The van der Waals surface area contributed by atoms with Crippen LogP contribution in [-0.2, 0) is 26.1 Å². The molecular formula is C24H32BrNO5S. The van der Waals surface area contributed by atoms with Gasteiger partial charge in [0.05, 0.1) is 18.1 Å². The van der Waals surface area contributed by atoms with Crippen LogP contribution in [0.15, 0.2) is 57.9 Å². The molecule has 0 aliphatic heterocycles. The van der Waals surface area contributed by atoms with Gasteiger partial charge in [-0.1, -0.05) is 34.1 Å². The third-order valence-electron chi connectivity index (χ3n) is 4.88. The van der Waals surface area contributed by atoms with Crippen molar-refractivity contribution in [1.82, 2.24) is 4.31 Å². The molecule has 2 rings (SSSR count). The average Bonchev–Trinajstić information content (AvgIpc) is 2.75. The molecule has 0 aliphatic rings. The number of esters is 1. The normalized spacial score (nSPS) is 11.7. The highest BCUT2D eigenvalue weighted by Gasteiger charge is 2.28. The summed E-state index contributed by atoms with van der Waals surface area (Å²) in [6, 6.07) is 13.9. The Morgan fingerprint density at radius 1 is 1.03 bits per heavy atom. The summed E-state index contributed by atoms with van der Waals surface area (Å²) >= 11 is 3.35. The first kappa shape index (κ1) is 26.4. The van der Waals surface area contributed by atoms with Crippen LogP contribution in [-0.4, -0.2) is 37.9 Å². The minimum Gasteiger partial charge on any atom is -0.493 e. The molecule has 0 atom stereocenters. The van der Waals surface area contributed by atoms with Gasteiger partial charge in [0.25, 0.3) is 0 Å². The number of hydrogen-bond donors (Lipinski definition) is 0. The van der Waals surface area contributed by atoms with Crippen LogP contribution in [0.3, 0.4) is 0 Å². The van der Waals surface area contributed by atoms with Crippen molar-refractivity contribution in [2.24, 2.45) is 0 Å². The van der Waals surface area contributed by atoms with Crippen molar-refractivity contribution in [3.8, 4) is 5.75 Å². The number of rotatable bonds is 13. The van der Waals surface area contributed by atoms with Crippen LogP contribution >= 0.6 is 15.9 Å². The van der Waals surface area contributed by atoms with Gasteiger partial charge in [-0.2, -0.15) is 4.31 Å². The summed E-state index contributed by atoms with van der Waals surface area (Å²) in [5.74, 6) is 0.508. The Labute approximate surface area is 200 Å². The molecule has 0 aliphatic carbocycles. The van der Waals surface area contributed by atoms with E-state index in [2.05, 4.69) is 15.9 Å². The highest BCUT2D eigenvalue weighted by atomic mass is 79.9. The second-order valence-corrected chi connectivity index (χ2v) is 10.5.